The topological polar surface area (TPSA) is 28.2 Å². The summed E-state index contributed by atoms with van der Waals surface area (Å²) >= 11 is 1.80. The van der Waals surface area contributed by atoms with Gasteiger partial charge in [0.15, 0.2) is 0 Å². The highest BCUT2D eigenvalue weighted by Crippen LogP contribution is 2.21. The average molecular weight is 289 g/mol. The van der Waals surface area contributed by atoms with Gasteiger partial charge in [0.25, 0.3) is 0 Å². The first-order valence-corrected chi connectivity index (χ1v) is 8.15. The van der Waals surface area contributed by atoms with Crippen molar-refractivity contribution in [3.63, 3.8) is 0 Å². The number of nitrogens with zero attached hydrogens (tertiary/aromatic N) is 2. The highest BCUT2D eigenvalue weighted by molar-refractivity contribution is 7.09. The van der Waals surface area contributed by atoms with Gasteiger partial charge in [-0.05, 0) is 37.4 Å². The zero-order valence-electron chi connectivity index (χ0n) is 12.3. The van der Waals surface area contributed by atoms with Gasteiger partial charge < -0.3 is 10.2 Å². The molecule has 0 bridgehead atoms. The minimum Gasteiger partial charge on any atom is -0.351 e. The predicted molar refractivity (Wildman–Crippen MR) is 87.3 cm³/mol. The lowest BCUT2D eigenvalue weighted by Crippen LogP contribution is -2.25. The number of aromatic nitrogens is 1. The number of hydrogen-bond acceptors (Lipinski definition) is 4. The van der Waals surface area contributed by atoms with E-state index in [-0.39, 0.29) is 0 Å². The van der Waals surface area contributed by atoms with Gasteiger partial charge in [0.05, 0.1) is 6.54 Å². The number of nitrogens with one attached hydrogen (secondary N) is 1. The molecule has 4 heteroatoms. The first kappa shape index (κ1) is 15.0. The van der Waals surface area contributed by atoms with Crippen LogP contribution in [0.3, 0.4) is 0 Å². The van der Waals surface area contributed by atoms with E-state index in [2.05, 4.69) is 52.6 Å². The molecule has 0 atom stereocenters. The third kappa shape index (κ3) is 4.05. The normalized spacial score (nSPS) is 10.7. The molecule has 108 valence electrons. The van der Waals surface area contributed by atoms with Crippen molar-refractivity contribution in [3.8, 4) is 0 Å². The van der Waals surface area contributed by atoms with E-state index in [4.69, 9.17) is 0 Å². The fourth-order valence-electron chi connectivity index (χ4n) is 2.18. The van der Waals surface area contributed by atoms with Crippen molar-refractivity contribution in [2.45, 2.75) is 33.4 Å². The van der Waals surface area contributed by atoms with Crippen molar-refractivity contribution in [3.05, 3.63) is 46.3 Å². The van der Waals surface area contributed by atoms with Crippen molar-refractivity contribution < 1.29 is 0 Å². The van der Waals surface area contributed by atoms with E-state index >= 15 is 0 Å². The lowest BCUT2D eigenvalue weighted by atomic mass is 10.2. The van der Waals surface area contributed by atoms with Gasteiger partial charge in [-0.3, -0.25) is 0 Å². The Labute approximate surface area is 125 Å². The molecule has 0 saturated heterocycles. The van der Waals surface area contributed by atoms with Gasteiger partial charge in [0.1, 0.15) is 5.82 Å². The van der Waals surface area contributed by atoms with Gasteiger partial charge in [0, 0.05) is 29.7 Å². The number of pyridine rings is 1. The van der Waals surface area contributed by atoms with Crippen LogP contribution in [0.2, 0.25) is 0 Å². The molecule has 0 radical (unpaired) electrons. The quantitative estimate of drug-likeness (QED) is 0.752. The molecule has 0 unspecified atom stereocenters. The van der Waals surface area contributed by atoms with E-state index in [1.165, 1.54) is 10.4 Å². The van der Waals surface area contributed by atoms with Crippen LogP contribution < -0.4 is 10.2 Å². The molecule has 1 N–H and O–H groups in total. The Morgan fingerprint density at radius 1 is 1.25 bits per heavy atom. The molecule has 0 aromatic carbocycles. The zero-order chi connectivity index (χ0) is 14.2. The van der Waals surface area contributed by atoms with E-state index in [0.29, 0.717) is 0 Å². The minimum atomic E-state index is 0.887. The highest BCUT2D eigenvalue weighted by Gasteiger charge is 2.11. The standard InChI is InChI=1S/C16H23N3S/c1-3-9-17-12-14-7-5-10-18-16(14)19(4-2)13-15-8-6-11-20-15/h5-8,10-11,17H,3-4,9,12-13H2,1-2H3. The van der Waals surface area contributed by atoms with Crippen molar-refractivity contribution in [1.29, 1.82) is 0 Å². The Balaban J connectivity index is 2.11. The van der Waals surface area contributed by atoms with Crippen LogP contribution in [0.1, 0.15) is 30.7 Å². The van der Waals surface area contributed by atoms with Crippen LogP contribution in [0, 0.1) is 0 Å². The molecule has 0 saturated carbocycles. The summed E-state index contributed by atoms with van der Waals surface area (Å²) in [5.41, 5.74) is 1.28. The molecule has 0 fully saturated rings. The molecule has 2 aromatic heterocycles. The van der Waals surface area contributed by atoms with Crippen molar-refractivity contribution in [2.24, 2.45) is 0 Å². The first-order valence-electron chi connectivity index (χ1n) is 7.27. The summed E-state index contributed by atoms with van der Waals surface area (Å²) in [6.07, 6.45) is 3.04. The van der Waals surface area contributed by atoms with Crippen LogP contribution in [0.15, 0.2) is 35.8 Å². The monoisotopic (exact) mass is 289 g/mol. The highest BCUT2D eigenvalue weighted by atomic mass is 32.1. The van der Waals surface area contributed by atoms with Crippen LogP contribution >= 0.6 is 11.3 Å². The Morgan fingerprint density at radius 3 is 2.85 bits per heavy atom. The molecular weight excluding hydrogens is 266 g/mol. The average Bonchev–Trinajstić information content (AvgIpc) is 2.99. The third-order valence-corrected chi connectivity index (χ3v) is 4.08. The van der Waals surface area contributed by atoms with Crippen molar-refractivity contribution in [2.75, 3.05) is 18.0 Å². The summed E-state index contributed by atoms with van der Waals surface area (Å²) in [4.78, 5) is 8.32. The fraction of sp³-hybridized carbons (Fsp3) is 0.438. The smallest absolute Gasteiger partial charge is 0.133 e. The molecule has 2 heterocycles. The summed E-state index contributed by atoms with van der Waals surface area (Å²) < 4.78 is 0. The summed E-state index contributed by atoms with van der Waals surface area (Å²) in [5, 5.41) is 5.60. The van der Waals surface area contributed by atoms with Gasteiger partial charge in [-0.25, -0.2) is 4.98 Å². The van der Waals surface area contributed by atoms with Crippen LogP contribution in [0.25, 0.3) is 0 Å². The molecule has 0 amide bonds. The number of anilines is 1. The van der Waals surface area contributed by atoms with E-state index in [9.17, 15) is 0 Å². The van der Waals surface area contributed by atoms with Gasteiger partial charge in [-0.15, -0.1) is 11.3 Å². The Bertz CT molecular complexity index is 496. The summed E-state index contributed by atoms with van der Waals surface area (Å²) in [5.74, 6) is 1.10. The molecule has 20 heavy (non-hydrogen) atoms. The third-order valence-electron chi connectivity index (χ3n) is 3.22. The Morgan fingerprint density at radius 2 is 2.15 bits per heavy atom. The molecule has 0 aliphatic heterocycles. The van der Waals surface area contributed by atoms with Gasteiger partial charge in [-0.1, -0.05) is 19.1 Å². The molecule has 0 aliphatic carbocycles. The predicted octanol–water partition coefficient (Wildman–Crippen LogP) is 3.67. The van der Waals surface area contributed by atoms with Gasteiger partial charge in [0.2, 0.25) is 0 Å². The molecule has 2 rings (SSSR count). The largest absolute Gasteiger partial charge is 0.351 e. The van der Waals surface area contributed by atoms with E-state index in [1.54, 1.807) is 11.3 Å². The molecule has 0 spiro atoms. The van der Waals surface area contributed by atoms with Crippen LogP contribution in [-0.2, 0) is 13.1 Å². The van der Waals surface area contributed by atoms with Crippen LogP contribution in [0.5, 0.6) is 0 Å². The van der Waals surface area contributed by atoms with Crippen molar-refractivity contribution >= 4 is 17.2 Å². The van der Waals surface area contributed by atoms with Crippen molar-refractivity contribution in [1.82, 2.24) is 10.3 Å². The fourth-order valence-corrected chi connectivity index (χ4v) is 2.90. The number of rotatable bonds is 8. The lowest BCUT2D eigenvalue weighted by Gasteiger charge is -2.24. The SMILES string of the molecule is CCCNCc1cccnc1N(CC)Cc1cccs1. The molecule has 3 nitrogen and oxygen atoms in total. The lowest BCUT2D eigenvalue weighted by molar-refractivity contribution is 0.669. The van der Waals surface area contributed by atoms with Crippen LogP contribution in [0.4, 0.5) is 5.82 Å². The summed E-state index contributed by atoms with van der Waals surface area (Å²) in [6, 6.07) is 8.48. The molecular formula is C16H23N3S. The molecule has 0 aliphatic rings. The Kier molecular flexibility index (Phi) is 6.02. The second-order valence-corrected chi connectivity index (χ2v) is 5.79. The minimum absolute atomic E-state index is 0.887. The van der Waals surface area contributed by atoms with E-state index in [0.717, 1.165) is 38.4 Å². The van der Waals surface area contributed by atoms with Gasteiger partial charge >= 0.3 is 0 Å². The summed E-state index contributed by atoms with van der Waals surface area (Å²) in [7, 11) is 0. The second kappa shape index (κ2) is 8.02. The number of thiophene rings is 1. The summed E-state index contributed by atoms with van der Waals surface area (Å²) in [6.45, 7) is 8.21. The maximum absolute atomic E-state index is 4.60. The van der Waals surface area contributed by atoms with Gasteiger partial charge in [-0.2, -0.15) is 0 Å². The van der Waals surface area contributed by atoms with E-state index in [1.807, 2.05) is 12.3 Å². The first-order chi connectivity index (χ1) is 9.85. The Hall–Kier alpha value is -1.39. The number of hydrogen-bond donors (Lipinski definition) is 1. The zero-order valence-corrected chi connectivity index (χ0v) is 13.1. The second-order valence-electron chi connectivity index (χ2n) is 4.76. The molecule has 2 aromatic rings. The maximum atomic E-state index is 4.60. The maximum Gasteiger partial charge on any atom is 0.133 e. The van der Waals surface area contributed by atoms with Crippen LogP contribution in [-0.4, -0.2) is 18.1 Å². The van der Waals surface area contributed by atoms with E-state index < -0.39 is 0 Å².